The minimum atomic E-state index is 0.770. The molecule has 51 valence electrons. The van der Waals surface area contributed by atoms with Crippen LogP contribution >= 0.6 is 0 Å². The van der Waals surface area contributed by atoms with Crippen LogP contribution in [0.5, 0.6) is 0 Å². The van der Waals surface area contributed by atoms with Crippen LogP contribution in [0.2, 0.25) is 0 Å². The zero-order valence-corrected chi connectivity index (χ0v) is 5.51. The van der Waals surface area contributed by atoms with Crippen LogP contribution in [0, 0.1) is 0 Å². The van der Waals surface area contributed by atoms with E-state index >= 15 is 0 Å². The molecular weight excluding hydrogens is 114 g/mol. The van der Waals surface area contributed by atoms with Crippen LogP contribution in [0.25, 0.3) is 0 Å². The van der Waals surface area contributed by atoms with Crippen LogP contribution in [0.15, 0.2) is 0 Å². The summed E-state index contributed by atoms with van der Waals surface area (Å²) >= 11 is 0. The average molecular weight is 126 g/mol. The van der Waals surface area contributed by atoms with Gasteiger partial charge in [0.25, 0.3) is 0 Å². The summed E-state index contributed by atoms with van der Waals surface area (Å²) in [6.07, 6.45) is 2.56. The highest BCUT2D eigenvalue weighted by molar-refractivity contribution is 4.79. The molecule has 1 atom stereocenters. The van der Waals surface area contributed by atoms with E-state index in [0.29, 0.717) is 0 Å². The Balaban J connectivity index is 1.97. The first-order valence-corrected chi connectivity index (χ1v) is 3.61. The Kier molecular flexibility index (Phi) is 1.41. The molecule has 9 heavy (non-hydrogen) atoms. The number of nitrogens with zero attached hydrogens (tertiary/aromatic N) is 2. The summed E-state index contributed by atoms with van der Waals surface area (Å²) in [6.45, 7) is 3.20. The molecule has 2 aliphatic rings. The van der Waals surface area contributed by atoms with Crippen molar-refractivity contribution >= 4 is 0 Å². The first-order valence-electron chi connectivity index (χ1n) is 3.61. The molecule has 0 aromatic heterocycles. The third kappa shape index (κ3) is 0.956. The SMILES string of the molecule is C1CC2CCNCN2[N]1. The number of fused-ring (bicyclic) bond motifs is 1. The standard InChI is InChI=1S/C6H12N3/c1-3-7-5-9-6(1)2-4-8-9/h6-7H,1-5H2. The molecule has 2 heterocycles. The van der Waals surface area contributed by atoms with Crippen LogP contribution in [0.4, 0.5) is 0 Å². The fourth-order valence-electron chi connectivity index (χ4n) is 1.53. The molecule has 0 saturated carbocycles. The monoisotopic (exact) mass is 126 g/mol. The summed E-state index contributed by atoms with van der Waals surface area (Å²) in [7, 11) is 0. The second-order valence-electron chi connectivity index (χ2n) is 2.69. The minimum Gasteiger partial charge on any atom is -0.303 e. The summed E-state index contributed by atoms with van der Waals surface area (Å²) in [6, 6.07) is 0.770. The third-order valence-corrected chi connectivity index (χ3v) is 2.09. The molecule has 0 spiro atoms. The first kappa shape index (κ1) is 5.65. The predicted octanol–water partition coefficient (Wildman–Crippen LogP) is -0.469. The van der Waals surface area contributed by atoms with Crippen LogP contribution in [0.1, 0.15) is 12.8 Å². The van der Waals surface area contributed by atoms with E-state index in [1.54, 1.807) is 0 Å². The molecule has 1 unspecified atom stereocenters. The largest absolute Gasteiger partial charge is 0.303 e. The van der Waals surface area contributed by atoms with Gasteiger partial charge in [0.15, 0.2) is 0 Å². The molecule has 1 N–H and O–H groups in total. The number of nitrogens with one attached hydrogen (secondary N) is 1. The third-order valence-electron chi connectivity index (χ3n) is 2.09. The van der Waals surface area contributed by atoms with Gasteiger partial charge in [-0.1, -0.05) is 0 Å². The normalized spacial score (nSPS) is 36.7. The molecule has 3 heteroatoms. The Morgan fingerprint density at radius 1 is 1.44 bits per heavy atom. The Morgan fingerprint density at radius 2 is 2.44 bits per heavy atom. The van der Waals surface area contributed by atoms with Crippen molar-refractivity contribution in [2.75, 3.05) is 19.8 Å². The lowest BCUT2D eigenvalue weighted by molar-refractivity contribution is 0.128. The molecule has 2 fully saturated rings. The van der Waals surface area contributed by atoms with Gasteiger partial charge in [-0.05, 0) is 19.4 Å². The molecule has 3 nitrogen and oxygen atoms in total. The van der Waals surface area contributed by atoms with Gasteiger partial charge in [0.05, 0.1) is 6.67 Å². The van der Waals surface area contributed by atoms with Gasteiger partial charge in [0.2, 0.25) is 0 Å². The maximum atomic E-state index is 4.33. The molecular formula is C6H12N3. The Bertz CT molecular complexity index is 92.5. The fourth-order valence-corrected chi connectivity index (χ4v) is 1.53. The molecule has 2 saturated heterocycles. The topological polar surface area (TPSA) is 29.4 Å². The highest BCUT2D eigenvalue weighted by atomic mass is 15.6. The lowest BCUT2D eigenvalue weighted by Crippen LogP contribution is -2.46. The fraction of sp³-hybridized carbons (Fsp3) is 1.00. The second kappa shape index (κ2) is 2.25. The van der Waals surface area contributed by atoms with Gasteiger partial charge >= 0.3 is 0 Å². The van der Waals surface area contributed by atoms with E-state index in [2.05, 4.69) is 15.8 Å². The van der Waals surface area contributed by atoms with Crippen molar-refractivity contribution in [1.29, 1.82) is 0 Å². The maximum Gasteiger partial charge on any atom is 0.0640 e. The quantitative estimate of drug-likeness (QED) is 0.475. The van der Waals surface area contributed by atoms with Crippen molar-refractivity contribution in [3.8, 4) is 0 Å². The van der Waals surface area contributed by atoms with Gasteiger partial charge in [-0.3, -0.25) is 0 Å². The molecule has 0 aromatic carbocycles. The first-order chi connectivity index (χ1) is 4.47. The van der Waals surface area contributed by atoms with E-state index in [-0.39, 0.29) is 0 Å². The van der Waals surface area contributed by atoms with Crippen LogP contribution < -0.4 is 10.7 Å². The van der Waals surface area contributed by atoms with E-state index in [9.17, 15) is 0 Å². The van der Waals surface area contributed by atoms with Crippen LogP contribution in [-0.4, -0.2) is 30.8 Å². The van der Waals surface area contributed by atoms with Crippen molar-refractivity contribution in [2.45, 2.75) is 18.9 Å². The number of hydrogen-bond acceptors (Lipinski definition) is 2. The summed E-state index contributed by atoms with van der Waals surface area (Å²) in [4.78, 5) is 0. The Morgan fingerprint density at radius 3 is 3.33 bits per heavy atom. The molecule has 2 aliphatic heterocycles. The van der Waals surface area contributed by atoms with Crippen molar-refractivity contribution in [1.82, 2.24) is 15.8 Å². The number of rotatable bonds is 0. The smallest absolute Gasteiger partial charge is 0.0640 e. The van der Waals surface area contributed by atoms with E-state index in [1.165, 1.54) is 19.4 Å². The number of hydrogen-bond donors (Lipinski definition) is 1. The van der Waals surface area contributed by atoms with E-state index in [1.807, 2.05) is 0 Å². The van der Waals surface area contributed by atoms with Crippen molar-refractivity contribution in [3.63, 3.8) is 0 Å². The van der Waals surface area contributed by atoms with Crippen molar-refractivity contribution < 1.29 is 0 Å². The predicted molar refractivity (Wildman–Crippen MR) is 34.7 cm³/mol. The molecule has 0 aromatic rings. The zero-order chi connectivity index (χ0) is 6.10. The molecule has 0 aliphatic carbocycles. The van der Waals surface area contributed by atoms with Gasteiger partial charge < -0.3 is 5.32 Å². The highest BCUT2D eigenvalue weighted by Crippen LogP contribution is 2.14. The zero-order valence-electron chi connectivity index (χ0n) is 5.51. The van der Waals surface area contributed by atoms with Gasteiger partial charge in [0, 0.05) is 12.6 Å². The van der Waals surface area contributed by atoms with Gasteiger partial charge in [-0.15, -0.1) is 0 Å². The van der Waals surface area contributed by atoms with E-state index < -0.39 is 0 Å². The van der Waals surface area contributed by atoms with Crippen LogP contribution in [0.3, 0.4) is 0 Å². The maximum absolute atomic E-state index is 4.33. The van der Waals surface area contributed by atoms with Gasteiger partial charge in [-0.25, -0.2) is 5.01 Å². The van der Waals surface area contributed by atoms with E-state index in [0.717, 1.165) is 19.3 Å². The lowest BCUT2D eigenvalue weighted by atomic mass is 10.1. The summed E-state index contributed by atoms with van der Waals surface area (Å²) in [5.74, 6) is 0. The second-order valence-corrected chi connectivity index (χ2v) is 2.69. The van der Waals surface area contributed by atoms with Gasteiger partial charge in [-0.2, -0.15) is 5.43 Å². The molecule has 2 rings (SSSR count). The molecule has 0 bridgehead atoms. The van der Waals surface area contributed by atoms with Crippen LogP contribution in [-0.2, 0) is 0 Å². The van der Waals surface area contributed by atoms with E-state index in [4.69, 9.17) is 0 Å². The summed E-state index contributed by atoms with van der Waals surface area (Å²) in [5, 5.41) is 5.47. The van der Waals surface area contributed by atoms with Gasteiger partial charge in [0.1, 0.15) is 0 Å². The lowest BCUT2D eigenvalue weighted by Gasteiger charge is -2.27. The molecule has 1 radical (unpaired) electrons. The Labute approximate surface area is 55.4 Å². The Hall–Kier alpha value is -0.120. The van der Waals surface area contributed by atoms with Crippen molar-refractivity contribution in [3.05, 3.63) is 0 Å². The summed E-state index contributed by atoms with van der Waals surface area (Å²) in [5.41, 5.74) is 4.33. The average Bonchev–Trinajstić information content (AvgIpc) is 2.33. The van der Waals surface area contributed by atoms with Crippen molar-refractivity contribution in [2.24, 2.45) is 0 Å². The molecule has 0 amide bonds. The minimum absolute atomic E-state index is 0.770. The highest BCUT2D eigenvalue weighted by Gasteiger charge is 2.27. The summed E-state index contributed by atoms with van der Waals surface area (Å²) < 4.78 is 0.